The lowest BCUT2D eigenvalue weighted by atomic mass is 10.0. The van der Waals surface area contributed by atoms with Crippen LogP contribution in [0.2, 0.25) is 0 Å². The summed E-state index contributed by atoms with van der Waals surface area (Å²) in [5.41, 5.74) is 0.867. The molecule has 0 aliphatic carbocycles. The van der Waals surface area contributed by atoms with Gasteiger partial charge in [0.05, 0.1) is 22.7 Å². The lowest BCUT2D eigenvalue weighted by molar-refractivity contribution is 0.229. The highest BCUT2D eigenvalue weighted by Crippen LogP contribution is 2.33. The Kier molecular flexibility index (Phi) is 6.05. The van der Waals surface area contributed by atoms with Crippen molar-refractivity contribution in [1.82, 2.24) is 14.9 Å². The maximum absolute atomic E-state index is 13.7. The van der Waals surface area contributed by atoms with Crippen molar-refractivity contribution < 1.29 is 9.13 Å². The number of fused-ring (bicyclic) bond motifs is 1. The van der Waals surface area contributed by atoms with Gasteiger partial charge in [-0.15, -0.1) is 0 Å². The van der Waals surface area contributed by atoms with Gasteiger partial charge < -0.3 is 19.9 Å². The van der Waals surface area contributed by atoms with E-state index in [2.05, 4.69) is 39.7 Å². The van der Waals surface area contributed by atoms with Gasteiger partial charge >= 0.3 is 0 Å². The highest BCUT2D eigenvalue weighted by Gasteiger charge is 2.26. The number of hydrogen-bond acceptors (Lipinski definition) is 6. The Morgan fingerprint density at radius 2 is 2.00 bits per heavy atom. The molecule has 0 bridgehead atoms. The first-order valence-electron chi connectivity index (χ1n) is 10.0. The number of anilines is 2. The zero-order chi connectivity index (χ0) is 19.7. The predicted molar refractivity (Wildman–Crippen MR) is 119 cm³/mol. The molecule has 2 aliphatic heterocycles. The fraction of sp³-hybridized carbons (Fsp3) is 0.600. The van der Waals surface area contributed by atoms with E-state index in [-0.39, 0.29) is 0 Å². The zero-order valence-electron chi connectivity index (χ0n) is 16.4. The minimum atomic E-state index is -0.801. The maximum Gasteiger partial charge on any atom is 0.227 e. The molecule has 28 heavy (non-hydrogen) atoms. The van der Waals surface area contributed by atoms with E-state index >= 15 is 0 Å². The van der Waals surface area contributed by atoms with E-state index in [9.17, 15) is 4.39 Å². The first kappa shape index (κ1) is 19.9. The lowest BCUT2D eigenvalue weighted by Gasteiger charge is -2.32. The first-order chi connectivity index (χ1) is 13.6. The van der Waals surface area contributed by atoms with Gasteiger partial charge in [-0.25, -0.2) is 9.37 Å². The molecule has 0 radical (unpaired) electrons. The van der Waals surface area contributed by atoms with Crippen LogP contribution in [0.15, 0.2) is 12.1 Å². The van der Waals surface area contributed by atoms with Gasteiger partial charge in [0, 0.05) is 31.1 Å². The first-order valence-corrected chi connectivity index (χ1v) is 11.1. The third-order valence-electron chi connectivity index (χ3n) is 5.75. The Morgan fingerprint density at radius 3 is 2.64 bits per heavy atom. The number of hydrogen-bond donors (Lipinski definition) is 1. The Morgan fingerprint density at radius 1 is 1.21 bits per heavy atom. The van der Waals surface area contributed by atoms with Gasteiger partial charge in [-0.3, -0.25) is 0 Å². The summed E-state index contributed by atoms with van der Waals surface area (Å²) in [6, 6.07) is 4.41. The summed E-state index contributed by atoms with van der Waals surface area (Å²) in [4.78, 5) is 14.0. The molecule has 3 heterocycles. The molecule has 8 heteroatoms. The quantitative estimate of drug-likeness (QED) is 0.634. The van der Waals surface area contributed by atoms with Crippen LogP contribution >= 0.6 is 22.6 Å². The average Bonchev–Trinajstić information content (AvgIpc) is 3.14. The molecule has 4 rings (SSSR count). The van der Waals surface area contributed by atoms with E-state index in [1.54, 1.807) is 7.11 Å². The third kappa shape index (κ3) is 4.12. The minimum absolute atomic E-state index is 0.368. The van der Waals surface area contributed by atoms with Gasteiger partial charge in [0.1, 0.15) is 17.7 Å². The smallest absolute Gasteiger partial charge is 0.227 e. The average molecular weight is 499 g/mol. The van der Waals surface area contributed by atoms with Crippen LogP contribution in [-0.4, -0.2) is 66.9 Å². The summed E-state index contributed by atoms with van der Waals surface area (Å²) >= 11 is 2.26. The lowest BCUT2D eigenvalue weighted by Crippen LogP contribution is -2.39. The van der Waals surface area contributed by atoms with E-state index in [1.807, 2.05) is 17.0 Å². The van der Waals surface area contributed by atoms with Crippen LogP contribution in [0, 0.1) is 3.57 Å². The van der Waals surface area contributed by atoms with Crippen molar-refractivity contribution in [2.24, 2.45) is 0 Å². The van der Waals surface area contributed by atoms with Gasteiger partial charge in [-0.05, 0) is 60.5 Å². The molecular weight excluding hydrogens is 472 g/mol. The van der Waals surface area contributed by atoms with Crippen molar-refractivity contribution in [3.05, 3.63) is 15.7 Å². The molecule has 2 aromatic rings. The van der Waals surface area contributed by atoms with Crippen LogP contribution in [0.3, 0.4) is 0 Å². The van der Waals surface area contributed by atoms with Crippen molar-refractivity contribution >= 4 is 45.3 Å². The van der Waals surface area contributed by atoms with Crippen molar-refractivity contribution in [2.75, 3.05) is 50.1 Å². The number of ether oxygens (including phenoxy) is 1. The van der Waals surface area contributed by atoms with Crippen molar-refractivity contribution in [3.63, 3.8) is 0 Å². The number of aromatic nitrogens is 2. The Hall–Kier alpha value is -1.42. The number of likely N-dealkylation sites (tertiary alicyclic amines) is 1. The third-order valence-corrected chi connectivity index (χ3v) is 6.59. The number of benzene rings is 1. The molecule has 2 aliphatic rings. The van der Waals surface area contributed by atoms with Crippen molar-refractivity contribution in [2.45, 2.75) is 38.4 Å². The molecule has 0 amide bonds. The number of methoxy groups -OCH3 is 1. The SMILES string of the molecule is CCN1CCC(Nc2nc(N3CC[C@@H](F)C3)nc3cc(I)c(OC)cc23)CC1. The van der Waals surface area contributed by atoms with E-state index in [0.29, 0.717) is 31.5 Å². The largest absolute Gasteiger partial charge is 0.496 e. The highest BCUT2D eigenvalue weighted by atomic mass is 127. The molecule has 0 spiro atoms. The molecule has 2 fully saturated rings. The summed E-state index contributed by atoms with van der Waals surface area (Å²) in [7, 11) is 1.68. The topological polar surface area (TPSA) is 53.5 Å². The maximum atomic E-state index is 13.7. The second kappa shape index (κ2) is 8.52. The summed E-state index contributed by atoms with van der Waals surface area (Å²) < 4.78 is 20.3. The van der Waals surface area contributed by atoms with Crippen molar-refractivity contribution in [3.8, 4) is 5.75 Å². The number of halogens is 2. The Bertz CT molecular complexity index is 843. The van der Waals surface area contributed by atoms with Crippen molar-refractivity contribution in [1.29, 1.82) is 0 Å². The molecule has 1 atom stereocenters. The van der Waals surface area contributed by atoms with E-state index in [4.69, 9.17) is 14.7 Å². The molecule has 1 aromatic heterocycles. The molecule has 1 N–H and O–H groups in total. The standard InChI is InChI=1S/C20H27FIN5O/c1-3-26-7-5-14(6-8-26)23-19-15-10-18(28-2)16(22)11-17(15)24-20(25-19)27-9-4-13(21)12-27/h10-11,13-14H,3-9,12H2,1-2H3,(H,23,24,25)/t13-/m1/s1. The fourth-order valence-corrected chi connectivity index (χ4v) is 4.68. The minimum Gasteiger partial charge on any atom is -0.496 e. The summed E-state index contributed by atoms with van der Waals surface area (Å²) in [6.07, 6.45) is 1.92. The van der Waals surface area contributed by atoms with E-state index < -0.39 is 6.17 Å². The summed E-state index contributed by atoms with van der Waals surface area (Å²) in [5.74, 6) is 2.26. The van der Waals surface area contributed by atoms with Gasteiger partial charge in [0.25, 0.3) is 0 Å². The van der Waals surface area contributed by atoms with Gasteiger partial charge in [-0.2, -0.15) is 4.98 Å². The normalized spacial score (nSPS) is 21.4. The van der Waals surface area contributed by atoms with E-state index in [1.165, 1.54) is 0 Å². The van der Waals surface area contributed by atoms with Crippen LogP contribution in [-0.2, 0) is 0 Å². The highest BCUT2D eigenvalue weighted by molar-refractivity contribution is 14.1. The second-order valence-corrected chi connectivity index (χ2v) is 8.72. The van der Waals surface area contributed by atoms with Crippen LogP contribution in [0.1, 0.15) is 26.2 Å². The predicted octanol–water partition coefficient (Wildman–Crippen LogP) is 3.69. The molecule has 0 unspecified atom stereocenters. The van der Waals surface area contributed by atoms with Crippen LogP contribution in [0.25, 0.3) is 10.9 Å². The molecule has 0 saturated carbocycles. The van der Waals surface area contributed by atoms with Gasteiger partial charge in [0.15, 0.2) is 0 Å². The summed E-state index contributed by atoms with van der Waals surface area (Å²) in [6.45, 7) is 6.53. The number of nitrogens with zero attached hydrogens (tertiary/aromatic N) is 4. The van der Waals surface area contributed by atoms with Gasteiger partial charge in [0.2, 0.25) is 5.95 Å². The Labute approximate surface area is 179 Å². The van der Waals surface area contributed by atoms with E-state index in [0.717, 1.165) is 58.5 Å². The molecular formula is C20H27FIN5O. The summed E-state index contributed by atoms with van der Waals surface area (Å²) in [5, 5.41) is 4.61. The number of piperidine rings is 1. The monoisotopic (exact) mass is 499 g/mol. The number of alkyl halides is 1. The molecule has 1 aromatic carbocycles. The zero-order valence-corrected chi connectivity index (χ0v) is 18.6. The molecule has 152 valence electrons. The fourth-order valence-electron chi connectivity index (χ4n) is 4.01. The van der Waals surface area contributed by atoms with Crippen LogP contribution < -0.4 is 15.0 Å². The molecule has 6 nitrogen and oxygen atoms in total. The number of rotatable bonds is 5. The Balaban J connectivity index is 1.69. The molecule has 2 saturated heterocycles. The van der Waals surface area contributed by atoms with Crippen LogP contribution in [0.4, 0.5) is 16.2 Å². The van der Waals surface area contributed by atoms with Gasteiger partial charge in [-0.1, -0.05) is 6.92 Å². The number of nitrogens with one attached hydrogen (secondary N) is 1. The van der Waals surface area contributed by atoms with Crippen LogP contribution in [0.5, 0.6) is 5.75 Å². The second-order valence-electron chi connectivity index (χ2n) is 7.56.